The van der Waals surface area contributed by atoms with Crippen molar-refractivity contribution in [3.63, 3.8) is 0 Å². The van der Waals surface area contributed by atoms with Crippen molar-refractivity contribution in [3.05, 3.63) is 29.8 Å². The first-order chi connectivity index (χ1) is 9.75. The molecule has 1 saturated heterocycles. The second-order valence-electron chi connectivity index (χ2n) is 6.34. The van der Waals surface area contributed by atoms with Crippen LogP contribution in [0.2, 0.25) is 0 Å². The molecular weight excluding hydrogens is 248 g/mol. The molecule has 1 aromatic carbocycles. The molecule has 2 aliphatic rings. The second-order valence-corrected chi connectivity index (χ2v) is 6.34. The Labute approximate surface area is 122 Å². The Morgan fingerprint density at radius 3 is 3.00 bits per heavy atom. The summed E-state index contributed by atoms with van der Waals surface area (Å²) in [6, 6.07) is 9.57. The third kappa shape index (κ3) is 2.84. The van der Waals surface area contributed by atoms with Crippen LogP contribution in [0.1, 0.15) is 37.8 Å². The number of ether oxygens (including phenoxy) is 1. The van der Waals surface area contributed by atoms with Crippen molar-refractivity contribution in [1.29, 1.82) is 0 Å². The Hall–Kier alpha value is -1.06. The molecule has 0 aliphatic carbocycles. The van der Waals surface area contributed by atoms with E-state index in [0.717, 1.165) is 18.9 Å². The predicted molar refractivity (Wildman–Crippen MR) is 82.1 cm³/mol. The lowest BCUT2D eigenvalue weighted by Gasteiger charge is -2.37. The molecule has 0 saturated carbocycles. The van der Waals surface area contributed by atoms with Crippen LogP contribution in [0, 0.1) is 5.92 Å². The fraction of sp³-hybridized carbons (Fsp3) is 0.647. The van der Waals surface area contributed by atoms with Gasteiger partial charge in [-0.1, -0.05) is 31.5 Å². The average molecular weight is 274 g/mol. The summed E-state index contributed by atoms with van der Waals surface area (Å²) in [5, 5.41) is 3.81. The number of nitrogens with one attached hydrogen (secondary N) is 1. The highest BCUT2D eigenvalue weighted by molar-refractivity contribution is 5.37. The van der Waals surface area contributed by atoms with Crippen molar-refractivity contribution < 1.29 is 4.74 Å². The topological polar surface area (TPSA) is 24.5 Å². The number of piperidine rings is 1. The maximum absolute atomic E-state index is 5.83. The molecule has 1 N–H and O–H groups in total. The van der Waals surface area contributed by atoms with Gasteiger partial charge in [-0.05, 0) is 32.5 Å². The first kappa shape index (κ1) is 13.9. The zero-order valence-corrected chi connectivity index (χ0v) is 12.6. The maximum atomic E-state index is 5.83. The van der Waals surface area contributed by atoms with Gasteiger partial charge in [-0.2, -0.15) is 0 Å². The second kappa shape index (κ2) is 6.15. The number of hydrogen-bond donors (Lipinski definition) is 1. The van der Waals surface area contributed by atoms with Crippen LogP contribution >= 0.6 is 0 Å². The lowest BCUT2D eigenvalue weighted by molar-refractivity contribution is 0.153. The molecule has 2 heterocycles. The van der Waals surface area contributed by atoms with Crippen molar-refractivity contribution in [2.24, 2.45) is 5.92 Å². The summed E-state index contributed by atoms with van der Waals surface area (Å²) in [5.41, 5.74) is 1.32. The van der Waals surface area contributed by atoms with Gasteiger partial charge in [0, 0.05) is 30.1 Å². The molecule has 110 valence electrons. The summed E-state index contributed by atoms with van der Waals surface area (Å²) in [6.07, 6.45) is 4.04. The van der Waals surface area contributed by atoms with Crippen LogP contribution in [0.4, 0.5) is 0 Å². The van der Waals surface area contributed by atoms with Gasteiger partial charge < -0.3 is 15.0 Å². The fourth-order valence-corrected chi connectivity index (χ4v) is 3.47. The molecule has 3 rings (SSSR count). The number of likely N-dealkylation sites (N-methyl/N-ethyl adjacent to an activating group) is 1. The van der Waals surface area contributed by atoms with E-state index in [-0.39, 0.29) is 0 Å². The fourth-order valence-electron chi connectivity index (χ4n) is 3.47. The summed E-state index contributed by atoms with van der Waals surface area (Å²) >= 11 is 0. The molecule has 0 amide bonds. The normalized spacial score (nSPS) is 30.6. The summed E-state index contributed by atoms with van der Waals surface area (Å²) in [4.78, 5) is 2.51. The highest BCUT2D eigenvalue weighted by atomic mass is 16.5. The minimum Gasteiger partial charge on any atom is -0.493 e. The van der Waals surface area contributed by atoms with Gasteiger partial charge in [0.05, 0.1) is 6.61 Å². The van der Waals surface area contributed by atoms with Crippen molar-refractivity contribution in [3.8, 4) is 5.75 Å². The molecule has 3 nitrogen and oxygen atoms in total. The van der Waals surface area contributed by atoms with Crippen LogP contribution in [-0.2, 0) is 0 Å². The van der Waals surface area contributed by atoms with E-state index in [9.17, 15) is 0 Å². The van der Waals surface area contributed by atoms with E-state index in [4.69, 9.17) is 4.74 Å². The molecule has 1 fully saturated rings. The number of para-hydroxylation sites is 1. The molecule has 0 spiro atoms. The van der Waals surface area contributed by atoms with Gasteiger partial charge in [-0.25, -0.2) is 0 Å². The SMILES string of the molecule is CC1COc2ccccc2C1NCC1CCCCN1C. The maximum Gasteiger partial charge on any atom is 0.124 e. The average Bonchev–Trinajstić information content (AvgIpc) is 2.48. The molecule has 3 unspecified atom stereocenters. The Morgan fingerprint density at radius 1 is 1.30 bits per heavy atom. The van der Waals surface area contributed by atoms with Gasteiger partial charge in [-0.15, -0.1) is 0 Å². The highest BCUT2D eigenvalue weighted by Gasteiger charge is 2.28. The Morgan fingerprint density at radius 2 is 2.15 bits per heavy atom. The van der Waals surface area contributed by atoms with E-state index in [1.807, 2.05) is 0 Å². The van der Waals surface area contributed by atoms with Crippen LogP contribution in [0.5, 0.6) is 5.75 Å². The molecule has 3 atom stereocenters. The summed E-state index contributed by atoms with van der Waals surface area (Å²) < 4.78 is 5.83. The Kier molecular flexibility index (Phi) is 4.27. The van der Waals surface area contributed by atoms with Crippen molar-refractivity contribution in [1.82, 2.24) is 10.2 Å². The number of nitrogens with zero attached hydrogens (tertiary/aromatic N) is 1. The van der Waals surface area contributed by atoms with Crippen LogP contribution in [0.25, 0.3) is 0 Å². The minimum atomic E-state index is 0.426. The van der Waals surface area contributed by atoms with Gasteiger partial charge >= 0.3 is 0 Å². The van der Waals surface area contributed by atoms with Crippen LogP contribution < -0.4 is 10.1 Å². The number of likely N-dealkylation sites (tertiary alicyclic amines) is 1. The molecule has 0 bridgehead atoms. The van der Waals surface area contributed by atoms with E-state index >= 15 is 0 Å². The van der Waals surface area contributed by atoms with Crippen molar-refractivity contribution in [2.75, 3.05) is 26.7 Å². The molecule has 2 aliphatic heterocycles. The Balaban J connectivity index is 1.67. The highest BCUT2D eigenvalue weighted by Crippen LogP contribution is 2.35. The van der Waals surface area contributed by atoms with E-state index in [1.165, 1.54) is 31.4 Å². The van der Waals surface area contributed by atoms with Crippen LogP contribution in [0.15, 0.2) is 24.3 Å². The number of fused-ring (bicyclic) bond motifs is 1. The van der Waals surface area contributed by atoms with E-state index < -0.39 is 0 Å². The van der Waals surface area contributed by atoms with E-state index in [0.29, 0.717) is 18.0 Å². The molecule has 3 heteroatoms. The summed E-state index contributed by atoms with van der Waals surface area (Å²) in [7, 11) is 2.26. The number of hydrogen-bond acceptors (Lipinski definition) is 3. The molecule has 0 radical (unpaired) electrons. The first-order valence-corrected chi connectivity index (χ1v) is 7.91. The monoisotopic (exact) mass is 274 g/mol. The molecular formula is C17H26N2O. The zero-order chi connectivity index (χ0) is 13.9. The lowest BCUT2D eigenvalue weighted by atomic mass is 9.91. The van der Waals surface area contributed by atoms with Gasteiger partial charge in [0.2, 0.25) is 0 Å². The van der Waals surface area contributed by atoms with Gasteiger partial charge in [0.25, 0.3) is 0 Å². The van der Waals surface area contributed by atoms with Gasteiger partial charge in [0.15, 0.2) is 0 Å². The van der Waals surface area contributed by atoms with Gasteiger partial charge in [-0.3, -0.25) is 0 Å². The predicted octanol–water partition coefficient (Wildman–Crippen LogP) is 2.83. The zero-order valence-electron chi connectivity index (χ0n) is 12.6. The smallest absolute Gasteiger partial charge is 0.124 e. The number of rotatable bonds is 3. The Bertz CT molecular complexity index is 448. The molecule has 1 aromatic rings. The van der Waals surface area contributed by atoms with E-state index in [2.05, 4.69) is 48.5 Å². The quantitative estimate of drug-likeness (QED) is 0.917. The summed E-state index contributed by atoms with van der Waals surface area (Å²) in [5.74, 6) is 1.58. The minimum absolute atomic E-state index is 0.426. The number of benzene rings is 1. The van der Waals surface area contributed by atoms with Crippen LogP contribution in [0.3, 0.4) is 0 Å². The largest absolute Gasteiger partial charge is 0.493 e. The van der Waals surface area contributed by atoms with Crippen molar-refractivity contribution in [2.45, 2.75) is 38.3 Å². The lowest BCUT2D eigenvalue weighted by Crippen LogP contribution is -2.45. The standard InChI is InChI=1S/C17H26N2O/c1-13-12-20-16-9-4-3-8-15(16)17(13)18-11-14-7-5-6-10-19(14)2/h3-4,8-9,13-14,17-18H,5-7,10-12H2,1-2H3. The summed E-state index contributed by atoms with van der Waals surface area (Å²) in [6.45, 7) is 5.42. The van der Waals surface area contributed by atoms with Crippen molar-refractivity contribution >= 4 is 0 Å². The molecule has 0 aromatic heterocycles. The van der Waals surface area contributed by atoms with E-state index in [1.54, 1.807) is 0 Å². The third-order valence-corrected chi connectivity index (χ3v) is 4.82. The third-order valence-electron chi connectivity index (χ3n) is 4.82. The van der Waals surface area contributed by atoms with Gasteiger partial charge in [0.1, 0.15) is 5.75 Å². The van der Waals surface area contributed by atoms with Crippen LogP contribution in [-0.4, -0.2) is 37.7 Å². The molecule has 20 heavy (non-hydrogen) atoms. The first-order valence-electron chi connectivity index (χ1n) is 7.91.